The van der Waals surface area contributed by atoms with E-state index in [1.54, 1.807) is 0 Å². The van der Waals surface area contributed by atoms with Crippen LogP contribution in [0, 0.1) is 5.41 Å². The Morgan fingerprint density at radius 1 is 1.28 bits per heavy atom. The van der Waals surface area contributed by atoms with Crippen LogP contribution in [-0.4, -0.2) is 28.4 Å². The fourth-order valence-corrected chi connectivity index (χ4v) is 4.29. The zero-order valence-corrected chi connectivity index (χ0v) is 12.4. The third kappa shape index (κ3) is 2.99. The molecule has 18 heavy (non-hydrogen) atoms. The summed E-state index contributed by atoms with van der Waals surface area (Å²) in [6, 6.07) is 0.310. The number of thiocarbonyl (C=S) groups is 1. The van der Waals surface area contributed by atoms with Gasteiger partial charge >= 0.3 is 0 Å². The average molecular weight is 286 g/mol. The molecule has 0 bridgehead atoms. The van der Waals surface area contributed by atoms with E-state index in [9.17, 15) is 4.79 Å². The summed E-state index contributed by atoms with van der Waals surface area (Å²) in [4.78, 5) is 12.9. The molecule has 5 heteroatoms. The summed E-state index contributed by atoms with van der Waals surface area (Å²) in [6.07, 6.45) is 7.25. The third-order valence-corrected chi connectivity index (χ3v) is 5.72. The lowest BCUT2D eigenvalue weighted by Crippen LogP contribution is -2.53. The molecular weight excluding hydrogens is 264 g/mol. The summed E-state index contributed by atoms with van der Waals surface area (Å²) in [7, 11) is 0. The number of thioether (sulfide) groups is 1. The van der Waals surface area contributed by atoms with Gasteiger partial charge in [0.15, 0.2) is 0 Å². The summed E-state index contributed by atoms with van der Waals surface area (Å²) >= 11 is 7.10. The normalized spacial score (nSPS) is 27.4. The molecule has 0 aromatic heterocycles. The van der Waals surface area contributed by atoms with Gasteiger partial charge in [-0.05, 0) is 31.4 Å². The van der Waals surface area contributed by atoms with Gasteiger partial charge in [-0.2, -0.15) is 11.8 Å². The first-order chi connectivity index (χ1) is 8.65. The Morgan fingerprint density at radius 3 is 2.56 bits per heavy atom. The average Bonchev–Trinajstić information content (AvgIpc) is 2.40. The van der Waals surface area contributed by atoms with Crippen molar-refractivity contribution in [3.8, 4) is 0 Å². The van der Waals surface area contributed by atoms with Crippen LogP contribution in [0.25, 0.3) is 0 Å². The predicted molar refractivity (Wildman–Crippen MR) is 80.8 cm³/mol. The van der Waals surface area contributed by atoms with Crippen molar-refractivity contribution in [3.63, 3.8) is 0 Å². The lowest BCUT2D eigenvalue weighted by atomic mass is 9.73. The minimum Gasteiger partial charge on any atom is -0.392 e. The van der Waals surface area contributed by atoms with Crippen molar-refractivity contribution < 1.29 is 4.79 Å². The SMILES string of the molecule is NC(=S)C1(C(=O)NC2CCCSC2)CCCCC1. The lowest BCUT2D eigenvalue weighted by Gasteiger charge is -2.36. The fourth-order valence-electron chi connectivity index (χ4n) is 2.92. The van der Waals surface area contributed by atoms with Gasteiger partial charge in [0.25, 0.3) is 0 Å². The van der Waals surface area contributed by atoms with Gasteiger partial charge in [0.1, 0.15) is 0 Å². The standard InChI is InChI=1S/C13H22N2OS2/c14-11(17)13(6-2-1-3-7-13)12(16)15-10-5-4-8-18-9-10/h10H,1-9H2,(H2,14,17)(H,15,16). The number of hydrogen-bond acceptors (Lipinski definition) is 3. The number of rotatable bonds is 3. The molecule has 0 aromatic carbocycles. The molecule has 0 spiro atoms. The summed E-state index contributed by atoms with van der Waals surface area (Å²) in [5.41, 5.74) is 5.31. The Bertz CT molecular complexity index is 321. The second-order valence-corrected chi connectivity index (χ2v) is 6.98. The van der Waals surface area contributed by atoms with Crippen molar-refractivity contribution >= 4 is 34.9 Å². The maximum Gasteiger partial charge on any atom is 0.233 e. The van der Waals surface area contributed by atoms with Gasteiger partial charge < -0.3 is 11.1 Å². The molecule has 2 fully saturated rings. The number of nitrogens with one attached hydrogen (secondary N) is 1. The number of carbonyl (C=O) groups is 1. The van der Waals surface area contributed by atoms with Gasteiger partial charge in [-0.15, -0.1) is 0 Å². The molecule has 3 N–H and O–H groups in total. The van der Waals surface area contributed by atoms with Crippen LogP contribution in [0.4, 0.5) is 0 Å². The van der Waals surface area contributed by atoms with Crippen LogP contribution in [0.3, 0.4) is 0 Å². The van der Waals surface area contributed by atoms with Gasteiger partial charge in [0, 0.05) is 11.8 Å². The molecule has 3 nitrogen and oxygen atoms in total. The molecule has 102 valence electrons. The van der Waals surface area contributed by atoms with Gasteiger partial charge in [-0.3, -0.25) is 4.79 Å². The molecule has 1 saturated heterocycles. The van der Waals surface area contributed by atoms with E-state index >= 15 is 0 Å². The Kier molecular flexibility index (Phi) is 4.90. The van der Waals surface area contributed by atoms with Crippen LogP contribution >= 0.6 is 24.0 Å². The van der Waals surface area contributed by atoms with E-state index in [-0.39, 0.29) is 5.91 Å². The Labute approximate surface area is 119 Å². The molecule has 1 unspecified atom stereocenters. The Balaban J connectivity index is 2.01. The van der Waals surface area contributed by atoms with Crippen LogP contribution < -0.4 is 11.1 Å². The minimum atomic E-state index is -0.560. The highest BCUT2D eigenvalue weighted by atomic mass is 32.2. The summed E-state index contributed by atoms with van der Waals surface area (Å²) in [5, 5.41) is 3.18. The second kappa shape index (κ2) is 6.24. The molecule has 1 aliphatic carbocycles. The highest BCUT2D eigenvalue weighted by Gasteiger charge is 2.42. The fraction of sp³-hybridized carbons (Fsp3) is 0.846. The van der Waals surface area contributed by atoms with E-state index < -0.39 is 5.41 Å². The molecule has 1 amide bonds. The van der Waals surface area contributed by atoms with Gasteiger partial charge in [-0.1, -0.05) is 31.5 Å². The van der Waals surface area contributed by atoms with E-state index in [4.69, 9.17) is 18.0 Å². The number of hydrogen-bond donors (Lipinski definition) is 2. The quantitative estimate of drug-likeness (QED) is 0.781. The van der Waals surface area contributed by atoms with Gasteiger partial charge in [0.2, 0.25) is 5.91 Å². The smallest absolute Gasteiger partial charge is 0.233 e. The van der Waals surface area contributed by atoms with E-state index in [0.717, 1.165) is 37.9 Å². The first kappa shape index (κ1) is 14.1. The zero-order chi connectivity index (χ0) is 13.0. The molecule has 1 atom stereocenters. The predicted octanol–water partition coefficient (Wildman–Crippen LogP) is 2.23. The van der Waals surface area contributed by atoms with Gasteiger partial charge in [-0.25, -0.2) is 0 Å². The van der Waals surface area contributed by atoms with Crippen LogP contribution in [-0.2, 0) is 4.79 Å². The molecule has 1 heterocycles. The molecule has 2 aliphatic rings. The van der Waals surface area contributed by atoms with Crippen molar-refractivity contribution in [2.45, 2.75) is 51.0 Å². The molecule has 1 aliphatic heterocycles. The molecule has 2 rings (SSSR count). The van der Waals surface area contributed by atoms with E-state index in [2.05, 4.69) is 5.32 Å². The summed E-state index contributed by atoms with van der Waals surface area (Å²) < 4.78 is 0. The largest absolute Gasteiger partial charge is 0.392 e. The maximum atomic E-state index is 12.5. The Morgan fingerprint density at radius 2 is 2.00 bits per heavy atom. The van der Waals surface area contributed by atoms with Gasteiger partial charge in [0.05, 0.1) is 10.4 Å². The topological polar surface area (TPSA) is 55.1 Å². The van der Waals surface area contributed by atoms with Crippen LogP contribution in [0.5, 0.6) is 0 Å². The first-order valence-corrected chi connectivity index (χ1v) is 8.40. The lowest BCUT2D eigenvalue weighted by molar-refractivity contribution is -0.129. The molecule has 0 aromatic rings. The minimum absolute atomic E-state index is 0.0854. The van der Waals surface area contributed by atoms with Crippen molar-refractivity contribution in [2.75, 3.05) is 11.5 Å². The zero-order valence-electron chi connectivity index (χ0n) is 10.7. The monoisotopic (exact) mass is 286 g/mol. The molecule has 0 radical (unpaired) electrons. The van der Waals surface area contributed by atoms with Crippen molar-refractivity contribution in [2.24, 2.45) is 11.1 Å². The van der Waals surface area contributed by atoms with Crippen LogP contribution in [0.2, 0.25) is 0 Å². The summed E-state index contributed by atoms with van der Waals surface area (Å²) in [5.74, 6) is 2.33. The number of nitrogens with two attached hydrogens (primary N) is 1. The third-order valence-electron chi connectivity index (χ3n) is 4.11. The van der Waals surface area contributed by atoms with Crippen molar-refractivity contribution in [1.82, 2.24) is 5.32 Å². The second-order valence-electron chi connectivity index (χ2n) is 5.39. The highest BCUT2D eigenvalue weighted by molar-refractivity contribution is 7.99. The molecular formula is C13H22N2OS2. The Hall–Kier alpha value is -0.290. The summed E-state index contributed by atoms with van der Waals surface area (Å²) in [6.45, 7) is 0. The number of carbonyl (C=O) groups excluding carboxylic acids is 1. The van der Waals surface area contributed by atoms with Crippen molar-refractivity contribution in [1.29, 1.82) is 0 Å². The maximum absolute atomic E-state index is 12.5. The van der Waals surface area contributed by atoms with Crippen molar-refractivity contribution in [3.05, 3.63) is 0 Å². The van der Waals surface area contributed by atoms with Crippen LogP contribution in [0.1, 0.15) is 44.9 Å². The van der Waals surface area contributed by atoms with E-state index in [1.165, 1.54) is 18.6 Å². The van der Waals surface area contributed by atoms with E-state index in [1.807, 2.05) is 11.8 Å². The first-order valence-electron chi connectivity index (χ1n) is 6.84. The number of amides is 1. The van der Waals surface area contributed by atoms with E-state index in [0.29, 0.717) is 11.0 Å². The highest BCUT2D eigenvalue weighted by Crippen LogP contribution is 2.37. The molecule has 1 saturated carbocycles. The van der Waals surface area contributed by atoms with Crippen LogP contribution in [0.15, 0.2) is 0 Å².